The molecule has 0 saturated carbocycles. The maximum absolute atomic E-state index is 13.7. The lowest BCUT2D eigenvalue weighted by Crippen LogP contribution is -2.44. The number of benzene rings is 2. The number of hydrogen-bond acceptors (Lipinski definition) is 4. The fourth-order valence-corrected chi connectivity index (χ4v) is 3.48. The summed E-state index contributed by atoms with van der Waals surface area (Å²) in [6.45, 7) is 1.62. The first-order valence-corrected chi connectivity index (χ1v) is 8.59. The number of ether oxygens (including phenoxy) is 1. The highest BCUT2D eigenvalue weighted by molar-refractivity contribution is 5.97. The normalized spacial score (nSPS) is 16.5. The molecule has 1 aliphatic heterocycles. The van der Waals surface area contributed by atoms with E-state index in [4.69, 9.17) is 4.74 Å². The third-order valence-electron chi connectivity index (χ3n) is 5.05. The lowest BCUT2D eigenvalue weighted by Gasteiger charge is -2.38. The van der Waals surface area contributed by atoms with Gasteiger partial charge in [0.1, 0.15) is 16.9 Å². The zero-order chi connectivity index (χ0) is 18.0. The van der Waals surface area contributed by atoms with Crippen LogP contribution < -0.4 is 5.32 Å². The fraction of sp³-hybridized carbons (Fsp3) is 0.316. The molecule has 0 spiro atoms. The number of carbonyl (C=O) groups excluding carboxylic acids is 1. The molecule has 1 saturated heterocycles. The van der Waals surface area contributed by atoms with Gasteiger partial charge < -0.3 is 10.1 Å². The van der Waals surface area contributed by atoms with Gasteiger partial charge in [0.2, 0.25) is 0 Å². The number of amides is 1. The van der Waals surface area contributed by atoms with E-state index in [1.165, 1.54) is 6.07 Å². The van der Waals surface area contributed by atoms with Crippen molar-refractivity contribution in [1.29, 1.82) is 0 Å². The molecule has 2 N–H and O–H groups in total. The molecule has 134 valence electrons. The highest BCUT2D eigenvalue weighted by atomic mass is 19.1. The summed E-state index contributed by atoms with van der Waals surface area (Å²) in [6, 6.07) is 11.8. The van der Waals surface area contributed by atoms with Crippen molar-refractivity contribution < 1.29 is 13.9 Å². The smallest absolute Gasteiger partial charge is 0.251 e. The lowest BCUT2D eigenvalue weighted by atomic mass is 9.74. The molecule has 4 rings (SSSR count). The van der Waals surface area contributed by atoms with E-state index in [1.807, 2.05) is 6.07 Å². The Balaban J connectivity index is 1.55. The van der Waals surface area contributed by atoms with E-state index in [2.05, 4.69) is 20.7 Å². The van der Waals surface area contributed by atoms with Gasteiger partial charge in [0, 0.05) is 30.7 Å². The average Bonchev–Trinajstić information content (AvgIpc) is 3.14. The van der Waals surface area contributed by atoms with Gasteiger partial charge in [-0.25, -0.2) is 4.39 Å². The third kappa shape index (κ3) is 3.17. The average molecular weight is 354 g/mol. The van der Waals surface area contributed by atoms with Crippen molar-refractivity contribution in [2.24, 2.45) is 0 Å². The van der Waals surface area contributed by atoms with E-state index in [-0.39, 0.29) is 17.1 Å². The Morgan fingerprint density at radius 1 is 1.15 bits per heavy atom. The van der Waals surface area contributed by atoms with Crippen molar-refractivity contribution in [2.45, 2.75) is 18.3 Å². The molecule has 0 bridgehead atoms. The number of carbonyl (C=O) groups is 1. The molecule has 1 aliphatic rings. The van der Waals surface area contributed by atoms with Crippen molar-refractivity contribution in [1.82, 2.24) is 20.7 Å². The van der Waals surface area contributed by atoms with Crippen molar-refractivity contribution in [3.8, 4) is 0 Å². The Kier molecular flexibility index (Phi) is 4.38. The van der Waals surface area contributed by atoms with Gasteiger partial charge in [0.25, 0.3) is 5.91 Å². The van der Waals surface area contributed by atoms with Crippen molar-refractivity contribution in [3.05, 3.63) is 59.4 Å². The second kappa shape index (κ2) is 6.84. The Bertz CT molecular complexity index is 934. The molecule has 0 atom stereocenters. The zero-order valence-corrected chi connectivity index (χ0v) is 14.2. The fourth-order valence-electron chi connectivity index (χ4n) is 3.48. The maximum atomic E-state index is 13.7. The SMILES string of the molecule is O=C(NCC1(c2cccc(F)c2)CCOCC1)c1ccc2n[nH]nc2c1. The highest BCUT2D eigenvalue weighted by Gasteiger charge is 2.35. The summed E-state index contributed by atoms with van der Waals surface area (Å²) in [5.74, 6) is -0.451. The lowest BCUT2D eigenvalue weighted by molar-refractivity contribution is 0.0486. The van der Waals surface area contributed by atoms with Gasteiger partial charge in [0.15, 0.2) is 0 Å². The summed E-state index contributed by atoms with van der Waals surface area (Å²) in [6.07, 6.45) is 1.47. The summed E-state index contributed by atoms with van der Waals surface area (Å²) in [4.78, 5) is 12.6. The first-order valence-electron chi connectivity index (χ1n) is 8.59. The van der Waals surface area contributed by atoms with Gasteiger partial charge >= 0.3 is 0 Å². The van der Waals surface area contributed by atoms with Crippen LogP contribution in [0.2, 0.25) is 0 Å². The quantitative estimate of drug-likeness (QED) is 0.755. The number of H-pyrrole nitrogens is 1. The van der Waals surface area contributed by atoms with Gasteiger partial charge in [0.05, 0.1) is 0 Å². The second-order valence-electron chi connectivity index (χ2n) is 6.61. The van der Waals surface area contributed by atoms with Crippen LogP contribution in [0, 0.1) is 5.82 Å². The largest absolute Gasteiger partial charge is 0.381 e. The van der Waals surface area contributed by atoms with Gasteiger partial charge in [-0.15, -0.1) is 0 Å². The van der Waals surface area contributed by atoms with Crippen molar-refractivity contribution >= 4 is 16.9 Å². The molecule has 26 heavy (non-hydrogen) atoms. The minimum atomic E-state index is -0.325. The molecule has 1 aromatic heterocycles. The van der Waals surface area contributed by atoms with Gasteiger partial charge in [-0.2, -0.15) is 15.4 Å². The third-order valence-corrected chi connectivity index (χ3v) is 5.05. The molecule has 0 unspecified atom stereocenters. The van der Waals surface area contributed by atoms with Crippen LogP contribution in [-0.4, -0.2) is 41.1 Å². The first kappa shape index (κ1) is 16.7. The van der Waals surface area contributed by atoms with E-state index in [0.29, 0.717) is 36.4 Å². The Morgan fingerprint density at radius 3 is 2.77 bits per heavy atom. The summed E-state index contributed by atoms with van der Waals surface area (Å²) in [5, 5.41) is 13.5. The molecule has 0 radical (unpaired) electrons. The van der Waals surface area contributed by atoms with Crippen LogP contribution in [0.5, 0.6) is 0 Å². The number of nitrogens with one attached hydrogen (secondary N) is 2. The first-order chi connectivity index (χ1) is 12.7. The number of aromatic nitrogens is 3. The van der Waals surface area contributed by atoms with E-state index in [0.717, 1.165) is 18.4 Å². The predicted octanol–water partition coefficient (Wildman–Crippen LogP) is 2.58. The molecular weight excluding hydrogens is 335 g/mol. The summed E-state index contributed by atoms with van der Waals surface area (Å²) < 4.78 is 19.2. The summed E-state index contributed by atoms with van der Waals surface area (Å²) >= 11 is 0. The monoisotopic (exact) mass is 354 g/mol. The van der Waals surface area contributed by atoms with E-state index >= 15 is 0 Å². The molecule has 3 aromatic rings. The zero-order valence-electron chi connectivity index (χ0n) is 14.2. The van der Waals surface area contributed by atoms with Crippen LogP contribution in [0.15, 0.2) is 42.5 Å². The van der Waals surface area contributed by atoms with Crippen molar-refractivity contribution in [2.75, 3.05) is 19.8 Å². The van der Waals surface area contributed by atoms with Crippen LogP contribution >= 0.6 is 0 Å². The summed E-state index contributed by atoms with van der Waals surface area (Å²) in [7, 11) is 0. The minimum absolute atomic E-state index is 0.183. The van der Waals surface area contributed by atoms with E-state index in [1.54, 1.807) is 30.3 Å². The van der Waals surface area contributed by atoms with Crippen LogP contribution in [0.3, 0.4) is 0 Å². The van der Waals surface area contributed by atoms with Crippen LogP contribution in [-0.2, 0) is 10.2 Å². The molecule has 7 heteroatoms. The van der Waals surface area contributed by atoms with E-state index < -0.39 is 0 Å². The topological polar surface area (TPSA) is 79.9 Å². The number of nitrogens with zero attached hydrogens (tertiary/aromatic N) is 2. The molecule has 1 fully saturated rings. The van der Waals surface area contributed by atoms with E-state index in [9.17, 15) is 9.18 Å². The number of fused-ring (bicyclic) bond motifs is 1. The minimum Gasteiger partial charge on any atom is -0.381 e. The highest BCUT2D eigenvalue weighted by Crippen LogP contribution is 2.34. The molecule has 2 aromatic carbocycles. The van der Waals surface area contributed by atoms with Gasteiger partial charge in [-0.05, 0) is 48.7 Å². The number of aromatic amines is 1. The molecule has 0 aliphatic carbocycles. The number of rotatable bonds is 4. The molecule has 6 nitrogen and oxygen atoms in total. The van der Waals surface area contributed by atoms with Gasteiger partial charge in [-0.1, -0.05) is 12.1 Å². The van der Waals surface area contributed by atoms with Crippen molar-refractivity contribution in [3.63, 3.8) is 0 Å². The standard InChI is InChI=1S/C19H19FN4O2/c20-15-3-1-2-14(11-15)19(6-8-26-9-7-19)12-21-18(25)13-4-5-16-17(10-13)23-24-22-16/h1-5,10-11H,6-9,12H2,(H,21,25)(H,22,23,24). The van der Waals surface area contributed by atoms with Crippen LogP contribution in [0.25, 0.3) is 11.0 Å². The van der Waals surface area contributed by atoms with Gasteiger partial charge in [-0.3, -0.25) is 4.79 Å². The van der Waals surface area contributed by atoms with Crippen LogP contribution in [0.4, 0.5) is 4.39 Å². The molecular formula is C19H19FN4O2. The second-order valence-corrected chi connectivity index (χ2v) is 6.61. The number of hydrogen-bond donors (Lipinski definition) is 2. The van der Waals surface area contributed by atoms with Crippen LogP contribution in [0.1, 0.15) is 28.8 Å². The molecule has 1 amide bonds. The molecule has 2 heterocycles. The Hall–Kier alpha value is -2.80. The number of halogens is 1. The maximum Gasteiger partial charge on any atom is 0.251 e. The predicted molar refractivity (Wildman–Crippen MR) is 94.4 cm³/mol. The summed E-state index contributed by atoms with van der Waals surface area (Å²) in [5.41, 5.74) is 2.44. The Labute approximate surface area is 149 Å². The Morgan fingerprint density at radius 2 is 1.96 bits per heavy atom.